The summed E-state index contributed by atoms with van der Waals surface area (Å²) in [5.41, 5.74) is 2.04. The third-order valence-electron chi connectivity index (χ3n) is 4.12. The second-order valence-electron chi connectivity index (χ2n) is 6.09. The molecule has 0 saturated heterocycles. The number of hydrogen-bond acceptors (Lipinski definition) is 3. The summed E-state index contributed by atoms with van der Waals surface area (Å²) in [6.07, 6.45) is 3.86. The number of hydrogen-bond donors (Lipinski definition) is 2. The molecule has 20 heavy (non-hydrogen) atoms. The van der Waals surface area contributed by atoms with Gasteiger partial charge in [-0.1, -0.05) is 13.8 Å². The van der Waals surface area contributed by atoms with E-state index < -0.39 is 11.4 Å². The molecule has 4 nitrogen and oxygen atoms in total. The van der Waals surface area contributed by atoms with Crippen LogP contribution in [0.3, 0.4) is 0 Å². The largest absolute Gasteiger partial charge is 0.507 e. The fourth-order valence-electron chi connectivity index (χ4n) is 3.06. The van der Waals surface area contributed by atoms with Crippen molar-refractivity contribution in [1.29, 1.82) is 0 Å². The van der Waals surface area contributed by atoms with E-state index >= 15 is 0 Å². The molecule has 0 saturated carbocycles. The monoisotopic (exact) mass is 278 g/mol. The molecule has 2 N–H and O–H groups in total. The molecule has 0 radical (unpaired) electrons. The van der Waals surface area contributed by atoms with E-state index in [1.165, 1.54) is 0 Å². The van der Waals surface area contributed by atoms with Crippen LogP contribution in [0.1, 0.15) is 49.8 Å². The predicted octanol–water partition coefficient (Wildman–Crippen LogP) is 3.03. The fourth-order valence-corrected chi connectivity index (χ4v) is 3.06. The third-order valence-corrected chi connectivity index (χ3v) is 4.12. The predicted molar refractivity (Wildman–Crippen MR) is 76.6 cm³/mol. The second kappa shape index (κ2) is 5.35. The topological polar surface area (TPSA) is 66.8 Å². The summed E-state index contributed by atoms with van der Waals surface area (Å²) in [6.45, 7) is 3.68. The maximum absolute atomic E-state index is 11.0. The van der Waals surface area contributed by atoms with Crippen LogP contribution < -0.4 is 4.74 Å². The van der Waals surface area contributed by atoms with Crippen LogP contribution in [0, 0.1) is 0 Å². The number of methoxy groups -OCH3 is 1. The highest BCUT2D eigenvalue weighted by atomic mass is 16.5. The Morgan fingerprint density at radius 3 is 2.45 bits per heavy atom. The van der Waals surface area contributed by atoms with Gasteiger partial charge >= 0.3 is 5.97 Å². The van der Waals surface area contributed by atoms with Crippen molar-refractivity contribution in [1.82, 2.24) is 0 Å². The van der Waals surface area contributed by atoms with Gasteiger partial charge in [-0.25, -0.2) is 0 Å². The van der Waals surface area contributed by atoms with E-state index in [0.717, 1.165) is 42.6 Å². The lowest BCUT2D eigenvalue weighted by molar-refractivity contribution is -0.138. The number of rotatable bonds is 4. The van der Waals surface area contributed by atoms with Gasteiger partial charge in [0.25, 0.3) is 0 Å². The molecule has 1 aromatic rings. The van der Waals surface area contributed by atoms with Crippen LogP contribution in [0.25, 0.3) is 0 Å². The van der Waals surface area contributed by atoms with Gasteiger partial charge in [0.2, 0.25) is 0 Å². The first kappa shape index (κ1) is 14.7. The van der Waals surface area contributed by atoms with Crippen LogP contribution in [-0.2, 0) is 23.1 Å². The van der Waals surface area contributed by atoms with Gasteiger partial charge in [-0.15, -0.1) is 0 Å². The number of phenols is 1. The summed E-state index contributed by atoms with van der Waals surface area (Å²) in [7, 11) is 1.62. The average molecular weight is 278 g/mol. The van der Waals surface area contributed by atoms with Crippen molar-refractivity contribution >= 4 is 5.97 Å². The van der Waals surface area contributed by atoms with Gasteiger partial charge in [0, 0.05) is 22.1 Å². The summed E-state index contributed by atoms with van der Waals surface area (Å²) in [5.74, 6) is 0.156. The Labute approximate surface area is 119 Å². The van der Waals surface area contributed by atoms with Crippen molar-refractivity contribution in [3.63, 3.8) is 0 Å². The molecule has 0 aliphatic heterocycles. The van der Waals surface area contributed by atoms with E-state index in [-0.39, 0.29) is 12.2 Å². The molecule has 110 valence electrons. The summed E-state index contributed by atoms with van der Waals surface area (Å²) in [6, 6.07) is 1.81. The first-order valence-electron chi connectivity index (χ1n) is 7.01. The summed E-state index contributed by atoms with van der Waals surface area (Å²) in [5, 5.41) is 19.6. The molecule has 0 amide bonds. The molecule has 0 fully saturated rings. The number of aromatic hydroxyl groups is 1. The fraction of sp³-hybridized carbons (Fsp3) is 0.562. The minimum absolute atomic E-state index is 0.0253. The number of carboxylic acids is 1. The van der Waals surface area contributed by atoms with E-state index in [9.17, 15) is 9.90 Å². The summed E-state index contributed by atoms with van der Waals surface area (Å²) < 4.78 is 5.45. The normalized spacial score (nSPS) is 14.8. The van der Waals surface area contributed by atoms with Gasteiger partial charge < -0.3 is 14.9 Å². The van der Waals surface area contributed by atoms with Crippen LogP contribution in [0.5, 0.6) is 11.5 Å². The number of benzene rings is 1. The number of carbonyl (C=O) groups is 1. The van der Waals surface area contributed by atoms with Crippen LogP contribution in [0.2, 0.25) is 0 Å². The summed E-state index contributed by atoms with van der Waals surface area (Å²) in [4.78, 5) is 11.0. The standard InChI is InChI=1S/C16H22O4/c1-16(2,9-14(17)18)12-8-13(20-3)10-6-4-5-7-11(10)15(12)19/h8,19H,4-7,9H2,1-3H3,(H,17,18). The molecule has 0 bridgehead atoms. The third kappa shape index (κ3) is 2.60. The highest BCUT2D eigenvalue weighted by molar-refractivity contribution is 5.70. The van der Waals surface area contributed by atoms with Crippen LogP contribution in [-0.4, -0.2) is 23.3 Å². The zero-order valence-electron chi connectivity index (χ0n) is 12.3. The zero-order chi connectivity index (χ0) is 14.9. The van der Waals surface area contributed by atoms with Gasteiger partial charge in [-0.2, -0.15) is 0 Å². The van der Waals surface area contributed by atoms with E-state index in [1.807, 2.05) is 19.9 Å². The van der Waals surface area contributed by atoms with Crippen LogP contribution >= 0.6 is 0 Å². The van der Waals surface area contributed by atoms with Crippen molar-refractivity contribution in [3.05, 3.63) is 22.8 Å². The molecule has 1 aromatic carbocycles. The smallest absolute Gasteiger partial charge is 0.304 e. The Kier molecular flexibility index (Phi) is 3.93. The van der Waals surface area contributed by atoms with Crippen molar-refractivity contribution in [2.24, 2.45) is 0 Å². The molecule has 0 spiro atoms. The van der Waals surface area contributed by atoms with Gasteiger partial charge in [-0.3, -0.25) is 4.79 Å². The molecule has 4 heteroatoms. The minimum atomic E-state index is -0.869. The molecule has 0 aromatic heterocycles. The van der Waals surface area contributed by atoms with Gasteiger partial charge in [-0.05, 0) is 31.7 Å². The molecule has 2 rings (SSSR count). The van der Waals surface area contributed by atoms with Crippen molar-refractivity contribution < 1.29 is 19.7 Å². The Bertz CT molecular complexity index is 532. The molecule has 0 unspecified atom stereocenters. The number of phenolic OH excluding ortho intramolecular Hbond substituents is 1. The maximum atomic E-state index is 11.0. The Hall–Kier alpha value is -1.71. The van der Waals surface area contributed by atoms with E-state index in [4.69, 9.17) is 9.84 Å². The van der Waals surface area contributed by atoms with Gasteiger partial charge in [0.15, 0.2) is 0 Å². The molecule has 0 heterocycles. The minimum Gasteiger partial charge on any atom is -0.507 e. The molecular formula is C16H22O4. The lowest BCUT2D eigenvalue weighted by atomic mass is 9.77. The van der Waals surface area contributed by atoms with Crippen molar-refractivity contribution in [3.8, 4) is 11.5 Å². The zero-order valence-corrected chi connectivity index (χ0v) is 12.3. The lowest BCUT2D eigenvalue weighted by Gasteiger charge is -2.29. The first-order valence-corrected chi connectivity index (χ1v) is 7.01. The number of ether oxygens (including phenoxy) is 1. The van der Waals surface area contributed by atoms with Gasteiger partial charge in [0.05, 0.1) is 13.5 Å². The quantitative estimate of drug-likeness (QED) is 0.888. The lowest BCUT2D eigenvalue weighted by Crippen LogP contribution is -2.23. The second-order valence-corrected chi connectivity index (χ2v) is 6.09. The summed E-state index contributed by atoms with van der Waals surface area (Å²) >= 11 is 0. The Morgan fingerprint density at radius 1 is 1.30 bits per heavy atom. The van der Waals surface area contributed by atoms with Crippen LogP contribution in [0.4, 0.5) is 0 Å². The Morgan fingerprint density at radius 2 is 1.90 bits per heavy atom. The van der Waals surface area contributed by atoms with Crippen LogP contribution in [0.15, 0.2) is 6.07 Å². The number of aliphatic carboxylic acids is 1. The van der Waals surface area contributed by atoms with E-state index in [0.29, 0.717) is 5.56 Å². The highest BCUT2D eigenvalue weighted by Crippen LogP contribution is 2.43. The maximum Gasteiger partial charge on any atom is 0.304 e. The molecule has 1 aliphatic carbocycles. The molecular weight excluding hydrogens is 256 g/mol. The van der Waals surface area contributed by atoms with Crippen molar-refractivity contribution in [2.45, 2.75) is 51.4 Å². The first-order chi connectivity index (χ1) is 9.36. The molecule has 0 atom stereocenters. The number of fused-ring (bicyclic) bond motifs is 1. The highest BCUT2D eigenvalue weighted by Gasteiger charge is 2.31. The SMILES string of the molecule is COc1cc(C(C)(C)CC(=O)O)c(O)c2c1CCCC2. The Balaban J connectivity index is 2.57. The molecule has 1 aliphatic rings. The van der Waals surface area contributed by atoms with E-state index in [1.54, 1.807) is 7.11 Å². The average Bonchev–Trinajstić information content (AvgIpc) is 2.37. The van der Waals surface area contributed by atoms with Gasteiger partial charge in [0.1, 0.15) is 11.5 Å². The number of carboxylic acid groups (broad SMARTS) is 1. The van der Waals surface area contributed by atoms with E-state index in [2.05, 4.69) is 0 Å². The van der Waals surface area contributed by atoms with Crippen molar-refractivity contribution in [2.75, 3.05) is 7.11 Å².